The topological polar surface area (TPSA) is 44.5 Å². The molecule has 2 rings (SSSR count). The molecule has 0 spiro atoms. The molecule has 0 aromatic heterocycles. The summed E-state index contributed by atoms with van der Waals surface area (Å²) in [5.41, 5.74) is 7.91. The Bertz CT molecular complexity index is 336. The lowest BCUT2D eigenvalue weighted by Crippen LogP contribution is -2.01. The lowest BCUT2D eigenvalue weighted by Gasteiger charge is -2.06. The van der Waals surface area contributed by atoms with Crippen LogP contribution in [0.15, 0.2) is 12.1 Å². The van der Waals surface area contributed by atoms with E-state index < -0.39 is 0 Å². The average Bonchev–Trinajstić information content (AvgIpc) is 2.61. The van der Waals surface area contributed by atoms with Crippen molar-refractivity contribution in [1.82, 2.24) is 0 Å². The first-order valence-corrected chi connectivity index (χ1v) is 4.90. The number of nitrogens with two attached hydrogens (primary N) is 1. The standard InChI is InChI=1S/C11H15NO2/c1-8-5-9(3-2-4-12)11-10(6-8)13-7-14-11/h5-6H,2-4,7,12H2,1H3. The van der Waals surface area contributed by atoms with E-state index in [2.05, 4.69) is 13.0 Å². The van der Waals surface area contributed by atoms with Gasteiger partial charge in [-0.15, -0.1) is 0 Å². The minimum Gasteiger partial charge on any atom is -0.454 e. The second kappa shape index (κ2) is 3.88. The van der Waals surface area contributed by atoms with Crippen LogP contribution in [-0.4, -0.2) is 13.3 Å². The lowest BCUT2D eigenvalue weighted by molar-refractivity contribution is 0.173. The van der Waals surface area contributed by atoms with Gasteiger partial charge in [0, 0.05) is 0 Å². The normalized spacial score (nSPS) is 13.3. The third-order valence-electron chi connectivity index (χ3n) is 2.34. The van der Waals surface area contributed by atoms with E-state index in [1.807, 2.05) is 6.07 Å². The second-order valence-electron chi connectivity index (χ2n) is 3.55. The van der Waals surface area contributed by atoms with Crippen molar-refractivity contribution in [2.45, 2.75) is 19.8 Å². The maximum atomic E-state index is 5.49. The highest BCUT2D eigenvalue weighted by Crippen LogP contribution is 2.37. The number of hydrogen-bond donors (Lipinski definition) is 1. The number of ether oxygens (including phenoxy) is 2. The summed E-state index contributed by atoms with van der Waals surface area (Å²) in [7, 11) is 0. The number of benzene rings is 1. The summed E-state index contributed by atoms with van der Waals surface area (Å²) in [6.45, 7) is 3.12. The van der Waals surface area contributed by atoms with E-state index in [0.717, 1.165) is 24.3 Å². The summed E-state index contributed by atoms with van der Waals surface area (Å²) in [4.78, 5) is 0. The van der Waals surface area contributed by atoms with Crippen molar-refractivity contribution in [3.63, 3.8) is 0 Å². The predicted octanol–water partition coefficient (Wildman–Crippen LogP) is 1.62. The zero-order valence-electron chi connectivity index (χ0n) is 8.38. The Labute approximate surface area is 83.8 Å². The van der Waals surface area contributed by atoms with Crippen LogP contribution in [0.25, 0.3) is 0 Å². The number of aryl methyl sites for hydroxylation is 2. The first-order chi connectivity index (χ1) is 6.81. The van der Waals surface area contributed by atoms with Crippen molar-refractivity contribution in [1.29, 1.82) is 0 Å². The molecule has 14 heavy (non-hydrogen) atoms. The molecule has 1 aliphatic heterocycles. The van der Waals surface area contributed by atoms with E-state index in [0.29, 0.717) is 13.3 Å². The van der Waals surface area contributed by atoms with Crippen LogP contribution >= 0.6 is 0 Å². The van der Waals surface area contributed by atoms with E-state index in [1.54, 1.807) is 0 Å². The molecule has 0 atom stereocenters. The molecule has 0 fully saturated rings. The van der Waals surface area contributed by atoms with Crippen molar-refractivity contribution in [3.8, 4) is 11.5 Å². The zero-order valence-corrected chi connectivity index (χ0v) is 8.38. The van der Waals surface area contributed by atoms with Gasteiger partial charge in [-0.2, -0.15) is 0 Å². The molecule has 2 N–H and O–H groups in total. The van der Waals surface area contributed by atoms with Crippen LogP contribution in [0.3, 0.4) is 0 Å². The van der Waals surface area contributed by atoms with Crippen molar-refractivity contribution in [3.05, 3.63) is 23.3 Å². The monoisotopic (exact) mass is 193 g/mol. The van der Waals surface area contributed by atoms with Crippen LogP contribution in [0.2, 0.25) is 0 Å². The molecule has 0 bridgehead atoms. The predicted molar refractivity (Wildman–Crippen MR) is 54.7 cm³/mol. The van der Waals surface area contributed by atoms with Gasteiger partial charge in [-0.25, -0.2) is 0 Å². The maximum absolute atomic E-state index is 5.49. The maximum Gasteiger partial charge on any atom is 0.231 e. The summed E-state index contributed by atoms with van der Waals surface area (Å²) >= 11 is 0. The largest absolute Gasteiger partial charge is 0.454 e. The third-order valence-corrected chi connectivity index (χ3v) is 2.34. The van der Waals surface area contributed by atoms with E-state index in [1.165, 1.54) is 11.1 Å². The Hall–Kier alpha value is -1.22. The van der Waals surface area contributed by atoms with Gasteiger partial charge < -0.3 is 15.2 Å². The Morgan fingerprint density at radius 1 is 1.36 bits per heavy atom. The van der Waals surface area contributed by atoms with Gasteiger partial charge in [0.05, 0.1) is 0 Å². The quantitative estimate of drug-likeness (QED) is 0.793. The van der Waals surface area contributed by atoms with Gasteiger partial charge in [-0.1, -0.05) is 6.07 Å². The van der Waals surface area contributed by atoms with Gasteiger partial charge in [0.1, 0.15) is 0 Å². The van der Waals surface area contributed by atoms with Crippen LogP contribution in [0.4, 0.5) is 0 Å². The first-order valence-electron chi connectivity index (χ1n) is 4.90. The third kappa shape index (κ3) is 1.68. The fourth-order valence-corrected chi connectivity index (χ4v) is 1.71. The molecule has 0 saturated carbocycles. The van der Waals surface area contributed by atoms with Crippen molar-refractivity contribution < 1.29 is 9.47 Å². The van der Waals surface area contributed by atoms with Crippen molar-refractivity contribution >= 4 is 0 Å². The molecule has 0 radical (unpaired) electrons. The lowest BCUT2D eigenvalue weighted by atomic mass is 10.1. The van der Waals surface area contributed by atoms with E-state index in [-0.39, 0.29) is 0 Å². The highest BCUT2D eigenvalue weighted by atomic mass is 16.7. The Morgan fingerprint density at radius 3 is 3.00 bits per heavy atom. The fourth-order valence-electron chi connectivity index (χ4n) is 1.71. The summed E-state index contributed by atoms with van der Waals surface area (Å²) in [5, 5.41) is 0. The van der Waals surface area contributed by atoms with E-state index >= 15 is 0 Å². The minimum atomic E-state index is 0.342. The first kappa shape index (κ1) is 9.34. The van der Waals surface area contributed by atoms with E-state index in [9.17, 15) is 0 Å². The van der Waals surface area contributed by atoms with Gasteiger partial charge in [0.25, 0.3) is 0 Å². The highest BCUT2D eigenvalue weighted by Gasteiger charge is 2.17. The summed E-state index contributed by atoms with van der Waals surface area (Å²) in [5.74, 6) is 1.78. The van der Waals surface area contributed by atoms with Crippen molar-refractivity contribution in [2.24, 2.45) is 5.73 Å². The van der Waals surface area contributed by atoms with Gasteiger partial charge in [0.15, 0.2) is 11.5 Å². The molecular weight excluding hydrogens is 178 g/mol. The second-order valence-corrected chi connectivity index (χ2v) is 3.55. The van der Waals surface area contributed by atoms with Crippen LogP contribution in [-0.2, 0) is 6.42 Å². The molecular formula is C11H15NO2. The number of rotatable bonds is 3. The summed E-state index contributed by atoms with van der Waals surface area (Å²) in [6.07, 6.45) is 1.95. The molecule has 3 heteroatoms. The highest BCUT2D eigenvalue weighted by molar-refractivity contribution is 5.50. The summed E-state index contributed by atoms with van der Waals surface area (Å²) < 4.78 is 10.8. The molecule has 0 saturated heterocycles. The minimum absolute atomic E-state index is 0.342. The average molecular weight is 193 g/mol. The van der Waals surface area contributed by atoms with Gasteiger partial charge in [-0.05, 0) is 43.5 Å². The van der Waals surface area contributed by atoms with Crippen LogP contribution in [0.5, 0.6) is 11.5 Å². The van der Waals surface area contributed by atoms with Crippen LogP contribution in [0.1, 0.15) is 17.5 Å². The Balaban J connectivity index is 2.29. The van der Waals surface area contributed by atoms with Gasteiger partial charge in [-0.3, -0.25) is 0 Å². The molecule has 0 unspecified atom stereocenters. The Kier molecular flexibility index (Phi) is 2.59. The van der Waals surface area contributed by atoms with Crippen molar-refractivity contribution in [2.75, 3.05) is 13.3 Å². The molecule has 3 nitrogen and oxygen atoms in total. The fraction of sp³-hybridized carbons (Fsp3) is 0.455. The molecule has 0 aliphatic carbocycles. The summed E-state index contributed by atoms with van der Waals surface area (Å²) in [6, 6.07) is 4.15. The molecule has 76 valence electrons. The van der Waals surface area contributed by atoms with Crippen LogP contribution in [0, 0.1) is 6.92 Å². The van der Waals surface area contributed by atoms with Gasteiger partial charge in [0.2, 0.25) is 6.79 Å². The molecule has 1 heterocycles. The van der Waals surface area contributed by atoms with Crippen LogP contribution < -0.4 is 15.2 Å². The molecule has 1 aromatic carbocycles. The Morgan fingerprint density at radius 2 is 2.21 bits per heavy atom. The van der Waals surface area contributed by atoms with E-state index in [4.69, 9.17) is 15.2 Å². The van der Waals surface area contributed by atoms with Gasteiger partial charge >= 0.3 is 0 Å². The zero-order chi connectivity index (χ0) is 9.97. The molecule has 0 amide bonds. The molecule has 1 aromatic rings. The number of fused-ring (bicyclic) bond motifs is 1. The SMILES string of the molecule is Cc1cc(CCCN)c2c(c1)OCO2. The molecule has 1 aliphatic rings. The smallest absolute Gasteiger partial charge is 0.231 e. The number of hydrogen-bond acceptors (Lipinski definition) is 3.